The van der Waals surface area contributed by atoms with Gasteiger partial charge < -0.3 is 5.09 Å². The minimum absolute atomic E-state index is 0.818. The second-order valence-electron chi connectivity index (χ2n) is 7.69. The summed E-state index contributed by atoms with van der Waals surface area (Å²) in [5.41, 5.74) is 5.71. The molecule has 3 heteroatoms. The van der Waals surface area contributed by atoms with Crippen LogP contribution < -0.4 is 15.7 Å². The molecular weight excluding hydrogens is 395 g/mol. The number of nitrogens with one attached hydrogen (secondary N) is 1. The van der Waals surface area contributed by atoms with Gasteiger partial charge in [0.15, 0.2) is 0 Å². The number of rotatable bonds is 5. The fourth-order valence-corrected chi connectivity index (χ4v) is 5.39. The Bertz CT molecular complexity index is 1110. The Morgan fingerprint density at radius 1 is 0.613 bits per heavy atom. The average molecular weight is 423 g/mol. The Labute approximate surface area is 186 Å². The average Bonchev–Trinajstić information content (AvgIpc) is 2.80. The highest BCUT2D eigenvalue weighted by atomic mass is 31.1. The van der Waals surface area contributed by atoms with E-state index in [-0.39, 0.29) is 0 Å². The van der Waals surface area contributed by atoms with Crippen molar-refractivity contribution >= 4 is 30.2 Å². The second kappa shape index (κ2) is 9.73. The van der Waals surface area contributed by atoms with Crippen molar-refractivity contribution in [2.75, 3.05) is 0 Å². The van der Waals surface area contributed by atoms with E-state index in [2.05, 4.69) is 129 Å². The predicted octanol–water partition coefficient (Wildman–Crippen LogP) is 6.33. The number of aryl methyl sites for hydroxylation is 3. The summed E-state index contributed by atoms with van der Waals surface area (Å²) in [7, 11) is -0.818. The molecule has 0 radical (unpaired) electrons. The quantitative estimate of drug-likeness (QED) is 0.227. The van der Waals surface area contributed by atoms with Gasteiger partial charge in [0.1, 0.15) is 5.84 Å². The van der Waals surface area contributed by atoms with Gasteiger partial charge in [0.05, 0.1) is 13.8 Å². The number of aliphatic imine (C=N–C) groups is 1. The third kappa shape index (κ3) is 5.10. The highest BCUT2D eigenvalue weighted by Gasteiger charge is 2.17. The molecule has 0 aliphatic carbocycles. The number of hydrogen-bond donors (Lipinski definition) is 1. The molecule has 4 rings (SSSR count). The van der Waals surface area contributed by atoms with Crippen molar-refractivity contribution in [3.05, 3.63) is 125 Å². The summed E-state index contributed by atoms with van der Waals surface area (Å²) in [6, 6.07) is 36.2. The summed E-state index contributed by atoms with van der Waals surface area (Å²) < 4.78 is 0. The SMILES string of the molecule is Cc1ccc(C(=Nc2c(C)cccc2C)NP(c2ccccc2)c2ccccc2)cc1. The smallest absolute Gasteiger partial charge is 0.137 e. The molecule has 4 aromatic rings. The van der Waals surface area contributed by atoms with Crippen LogP contribution in [0.15, 0.2) is 108 Å². The number of hydrogen-bond acceptors (Lipinski definition) is 1. The predicted molar refractivity (Wildman–Crippen MR) is 135 cm³/mol. The first kappa shape index (κ1) is 21.0. The first-order chi connectivity index (χ1) is 15.1. The number of amidine groups is 1. The van der Waals surface area contributed by atoms with E-state index in [1.807, 2.05) is 0 Å². The summed E-state index contributed by atoms with van der Waals surface area (Å²) in [6.07, 6.45) is 0. The van der Waals surface area contributed by atoms with Crippen molar-refractivity contribution in [2.24, 2.45) is 4.99 Å². The van der Waals surface area contributed by atoms with Gasteiger partial charge in [0, 0.05) is 16.2 Å². The maximum absolute atomic E-state index is 5.17. The Kier molecular flexibility index (Phi) is 6.60. The monoisotopic (exact) mass is 422 g/mol. The largest absolute Gasteiger partial charge is 0.341 e. The molecule has 0 aliphatic rings. The van der Waals surface area contributed by atoms with E-state index >= 15 is 0 Å². The Morgan fingerprint density at radius 3 is 1.65 bits per heavy atom. The van der Waals surface area contributed by atoms with Gasteiger partial charge in [-0.15, -0.1) is 0 Å². The van der Waals surface area contributed by atoms with Crippen molar-refractivity contribution < 1.29 is 0 Å². The Morgan fingerprint density at radius 2 is 1.13 bits per heavy atom. The van der Waals surface area contributed by atoms with Crippen LogP contribution in [0.4, 0.5) is 5.69 Å². The third-order valence-electron chi connectivity index (χ3n) is 5.23. The zero-order chi connectivity index (χ0) is 21.6. The molecule has 1 N–H and O–H groups in total. The molecule has 0 unspecified atom stereocenters. The lowest BCUT2D eigenvalue weighted by Gasteiger charge is -2.23. The Balaban J connectivity index is 1.84. The molecule has 4 aromatic carbocycles. The minimum atomic E-state index is -0.818. The van der Waals surface area contributed by atoms with Crippen molar-refractivity contribution in [3.8, 4) is 0 Å². The molecule has 0 bridgehead atoms. The van der Waals surface area contributed by atoms with Crippen LogP contribution in [-0.2, 0) is 0 Å². The Hall–Kier alpha value is -3.22. The van der Waals surface area contributed by atoms with Crippen molar-refractivity contribution in [1.29, 1.82) is 0 Å². The van der Waals surface area contributed by atoms with Crippen molar-refractivity contribution in [1.82, 2.24) is 5.09 Å². The van der Waals surface area contributed by atoms with Crippen molar-refractivity contribution in [3.63, 3.8) is 0 Å². The molecule has 31 heavy (non-hydrogen) atoms. The van der Waals surface area contributed by atoms with Gasteiger partial charge in [0.25, 0.3) is 0 Å². The molecule has 2 nitrogen and oxygen atoms in total. The molecule has 0 spiro atoms. The summed E-state index contributed by atoms with van der Waals surface area (Å²) >= 11 is 0. The van der Waals surface area contributed by atoms with E-state index < -0.39 is 8.07 Å². The number of para-hydroxylation sites is 1. The summed E-state index contributed by atoms with van der Waals surface area (Å²) in [6.45, 7) is 6.35. The van der Waals surface area contributed by atoms with Crippen LogP contribution in [-0.4, -0.2) is 5.84 Å². The molecule has 0 amide bonds. The minimum Gasteiger partial charge on any atom is -0.341 e. The van der Waals surface area contributed by atoms with Crippen LogP contribution in [0.25, 0.3) is 0 Å². The lowest BCUT2D eigenvalue weighted by molar-refractivity contribution is 1.29. The zero-order valence-corrected chi connectivity index (χ0v) is 19.1. The van der Waals surface area contributed by atoms with Gasteiger partial charge in [0.2, 0.25) is 0 Å². The van der Waals surface area contributed by atoms with Gasteiger partial charge in [-0.1, -0.05) is 109 Å². The zero-order valence-electron chi connectivity index (χ0n) is 18.2. The van der Waals surface area contributed by atoms with Gasteiger partial charge >= 0.3 is 0 Å². The highest BCUT2D eigenvalue weighted by Crippen LogP contribution is 2.31. The van der Waals surface area contributed by atoms with Crippen LogP contribution in [0.1, 0.15) is 22.3 Å². The molecule has 0 aromatic heterocycles. The first-order valence-corrected chi connectivity index (χ1v) is 11.8. The number of benzene rings is 4. The van der Waals surface area contributed by atoms with E-state index in [1.165, 1.54) is 27.3 Å². The van der Waals surface area contributed by atoms with Gasteiger partial charge in [-0.25, -0.2) is 4.99 Å². The van der Waals surface area contributed by atoms with E-state index in [0.29, 0.717) is 0 Å². The molecule has 0 saturated carbocycles. The first-order valence-electron chi connectivity index (χ1n) is 10.5. The van der Waals surface area contributed by atoms with Crippen LogP contribution in [0.3, 0.4) is 0 Å². The normalized spacial score (nSPS) is 11.5. The maximum atomic E-state index is 5.17. The lowest BCUT2D eigenvalue weighted by atomic mass is 10.1. The van der Waals surface area contributed by atoms with E-state index in [0.717, 1.165) is 17.1 Å². The van der Waals surface area contributed by atoms with Crippen LogP contribution in [0, 0.1) is 20.8 Å². The highest BCUT2D eigenvalue weighted by molar-refractivity contribution is 7.71. The van der Waals surface area contributed by atoms with Crippen LogP contribution in [0.2, 0.25) is 0 Å². The number of nitrogens with zero attached hydrogens (tertiary/aromatic N) is 1. The summed E-state index contributed by atoms with van der Waals surface area (Å²) in [5, 5.41) is 6.38. The lowest BCUT2D eigenvalue weighted by Crippen LogP contribution is -2.29. The van der Waals surface area contributed by atoms with E-state index in [1.54, 1.807) is 0 Å². The molecule has 0 atom stereocenters. The molecule has 0 fully saturated rings. The third-order valence-corrected chi connectivity index (χ3v) is 7.30. The van der Waals surface area contributed by atoms with Crippen LogP contribution in [0.5, 0.6) is 0 Å². The van der Waals surface area contributed by atoms with E-state index in [4.69, 9.17) is 4.99 Å². The van der Waals surface area contributed by atoms with Crippen molar-refractivity contribution in [2.45, 2.75) is 20.8 Å². The molecule has 0 aliphatic heterocycles. The maximum Gasteiger partial charge on any atom is 0.137 e. The molecular formula is C28H27N2P. The second-order valence-corrected chi connectivity index (χ2v) is 9.61. The summed E-state index contributed by atoms with van der Waals surface area (Å²) in [4.78, 5) is 5.17. The van der Waals surface area contributed by atoms with Crippen LogP contribution >= 0.6 is 8.07 Å². The molecule has 154 valence electrons. The van der Waals surface area contributed by atoms with E-state index in [9.17, 15) is 0 Å². The van der Waals surface area contributed by atoms with Gasteiger partial charge in [-0.2, -0.15) is 0 Å². The van der Waals surface area contributed by atoms with Gasteiger partial charge in [-0.3, -0.25) is 0 Å². The molecule has 0 saturated heterocycles. The fraction of sp³-hybridized carbons (Fsp3) is 0.107. The summed E-state index contributed by atoms with van der Waals surface area (Å²) in [5.74, 6) is 0.899. The standard InChI is InChI=1S/C28H27N2P/c1-21-17-19-24(20-18-21)28(29-27-22(2)11-10-12-23(27)3)30-31(25-13-6-4-7-14-25)26-15-8-5-9-16-26/h4-20H,1-3H3,(H,29,30). The van der Waals surface area contributed by atoms with Gasteiger partial charge in [-0.05, 0) is 31.9 Å². The molecule has 0 heterocycles. The fourth-order valence-electron chi connectivity index (χ4n) is 3.50. The topological polar surface area (TPSA) is 24.4 Å².